The summed E-state index contributed by atoms with van der Waals surface area (Å²) in [5, 5.41) is 9.95. The Labute approximate surface area is 68.4 Å². The van der Waals surface area contributed by atoms with Crippen LogP contribution in [0.1, 0.15) is 25.7 Å². The van der Waals surface area contributed by atoms with Crippen LogP contribution in [-0.2, 0) is 0 Å². The second-order valence-electron chi connectivity index (χ2n) is 3.28. The zero-order valence-electron chi connectivity index (χ0n) is 6.92. The van der Waals surface area contributed by atoms with Crippen LogP contribution < -0.4 is 0 Å². The predicted octanol–water partition coefficient (Wildman–Crippen LogP) is 2.28. The van der Waals surface area contributed by atoms with Gasteiger partial charge in [0.1, 0.15) is 0 Å². The van der Waals surface area contributed by atoms with Crippen molar-refractivity contribution in [3.63, 3.8) is 0 Å². The van der Waals surface area contributed by atoms with Gasteiger partial charge in [-0.25, -0.2) is 0 Å². The Morgan fingerprint density at radius 1 is 1.36 bits per heavy atom. The summed E-state index contributed by atoms with van der Waals surface area (Å²) in [4.78, 5) is 0. The molecule has 1 heteroatoms. The minimum atomic E-state index is -0.667. The van der Waals surface area contributed by atoms with E-state index < -0.39 is 5.60 Å². The van der Waals surface area contributed by atoms with E-state index in [1.54, 1.807) is 6.08 Å². The van der Waals surface area contributed by atoms with Crippen molar-refractivity contribution in [1.29, 1.82) is 0 Å². The first-order valence-corrected chi connectivity index (χ1v) is 4.21. The molecule has 11 heavy (non-hydrogen) atoms. The highest BCUT2D eigenvalue weighted by atomic mass is 16.3. The normalized spacial score (nSPS) is 38.1. The van der Waals surface area contributed by atoms with Gasteiger partial charge in [-0.3, -0.25) is 0 Å². The molecule has 62 valence electrons. The fraction of sp³-hybridized carbons (Fsp3) is 0.600. The molecule has 1 aliphatic carbocycles. The van der Waals surface area contributed by atoms with Crippen molar-refractivity contribution in [3.05, 3.63) is 25.3 Å². The van der Waals surface area contributed by atoms with Gasteiger partial charge in [-0.1, -0.05) is 25.0 Å². The van der Waals surface area contributed by atoms with Gasteiger partial charge in [-0.15, -0.1) is 13.2 Å². The van der Waals surface area contributed by atoms with Gasteiger partial charge in [0.2, 0.25) is 0 Å². The molecule has 0 saturated heterocycles. The third-order valence-corrected chi connectivity index (χ3v) is 2.62. The highest BCUT2D eigenvalue weighted by Crippen LogP contribution is 2.34. The van der Waals surface area contributed by atoms with Crippen LogP contribution in [0.25, 0.3) is 0 Å². The third-order valence-electron chi connectivity index (χ3n) is 2.62. The fourth-order valence-electron chi connectivity index (χ4n) is 1.78. The van der Waals surface area contributed by atoms with Crippen molar-refractivity contribution in [2.45, 2.75) is 31.3 Å². The van der Waals surface area contributed by atoms with E-state index in [1.165, 1.54) is 6.42 Å². The van der Waals surface area contributed by atoms with E-state index in [0.29, 0.717) is 0 Å². The van der Waals surface area contributed by atoms with Gasteiger partial charge in [0.05, 0.1) is 5.60 Å². The maximum atomic E-state index is 9.95. The van der Waals surface area contributed by atoms with E-state index in [9.17, 15) is 5.11 Å². The van der Waals surface area contributed by atoms with E-state index in [0.717, 1.165) is 19.3 Å². The van der Waals surface area contributed by atoms with E-state index >= 15 is 0 Å². The summed E-state index contributed by atoms with van der Waals surface area (Å²) in [6.45, 7) is 7.38. The quantitative estimate of drug-likeness (QED) is 0.602. The van der Waals surface area contributed by atoms with Crippen LogP contribution in [0.4, 0.5) is 0 Å². The highest BCUT2D eigenvalue weighted by molar-refractivity contribution is 5.07. The molecule has 0 spiro atoms. The molecule has 0 bridgehead atoms. The van der Waals surface area contributed by atoms with E-state index in [1.807, 2.05) is 6.08 Å². The SMILES string of the molecule is C=CC1CCCCC1(O)C=C. The lowest BCUT2D eigenvalue weighted by atomic mass is 9.75. The first-order chi connectivity index (χ1) is 5.23. The Morgan fingerprint density at radius 3 is 2.55 bits per heavy atom. The third kappa shape index (κ3) is 1.54. The van der Waals surface area contributed by atoms with Crippen LogP contribution in [-0.4, -0.2) is 10.7 Å². The monoisotopic (exact) mass is 152 g/mol. The Hall–Kier alpha value is -0.560. The molecular formula is C10H16O. The Kier molecular flexibility index (Phi) is 2.50. The maximum absolute atomic E-state index is 9.95. The lowest BCUT2D eigenvalue weighted by Gasteiger charge is -2.35. The zero-order valence-corrected chi connectivity index (χ0v) is 6.92. The van der Waals surface area contributed by atoms with Gasteiger partial charge >= 0.3 is 0 Å². The standard InChI is InChI=1S/C10H16O/c1-3-9-7-5-6-8-10(9,11)4-2/h3-4,9,11H,1-2,5-8H2. The average Bonchev–Trinajstić information content (AvgIpc) is 2.05. The molecule has 1 rings (SSSR count). The molecule has 0 aromatic heterocycles. The lowest BCUT2D eigenvalue weighted by Crippen LogP contribution is -2.37. The minimum absolute atomic E-state index is 0.216. The summed E-state index contributed by atoms with van der Waals surface area (Å²) in [7, 11) is 0. The van der Waals surface area contributed by atoms with Crippen LogP contribution in [0.2, 0.25) is 0 Å². The molecule has 1 nitrogen and oxygen atoms in total. The van der Waals surface area contributed by atoms with Gasteiger partial charge in [0, 0.05) is 5.92 Å². The molecule has 0 aliphatic heterocycles. The fourth-order valence-corrected chi connectivity index (χ4v) is 1.78. The number of hydrogen-bond donors (Lipinski definition) is 1. The van der Waals surface area contributed by atoms with Crippen LogP contribution in [0, 0.1) is 5.92 Å². The summed E-state index contributed by atoms with van der Waals surface area (Å²) in [5.74, 6) is 0.216. The van der Waals surface area contributed by atoms with Gasteiger partial charge in [0.15, 0.2) is 0 Å². The number of rotatable bonds is 2. The van der Waals surface area contributed by atoms with E-state index in [2.05, 4.69) is 13.2 Å². The van der Waals surface area contributed by atoms with E-state index in [4.69, 9.17) is 0 Å². The van der Waals surface area contributed by atoms with E-state index in [-0.39, 0.29) is 5.92 Å². The second-order valence-corrected chi connectivity index (χ2v) is 3.28. The van der Waals surface area contributed by atoms with Gasteiger partial charge < -0.3 is 5.11 Å². The summed E-state index contributed by atoms with van der Waals surface area (Å²) < 4.78 is 0. The zero-order chi connectivity index (χ0) is 8.32. The summed E-state index contributed by atoms with van der Waals surface area (Å²) >= 11 is 0. The molecule has 0 heterocycles. The number of aliphatic hydroxyl groups is 1. The molecule has 0 aromatic rings. The predicted molar refractivity (Wildman–Crippen MR) is 47.3 cm³/mol. The molecule has 1 saturated carbocycles. The van der Waals surface area contributed by atoms with Crippen LogP contribution in [0.5, 0.6) is 0 Å². The second kappa shape index (κ2) is 3.22. The molecule has 1 fully saturated rings. The average molecular weight is 152 g/mol. The van der Waals surface area contributed by atoms with Crippen LogP contribution in [0.15, 0.2) is 25.3 Å². The first-order valence-electron chi connectivity index (χ1n) is 4.21. The van der Waals surface area contributed by atoms with Crippen molar-refractivity contribution < 1.29 is 5.11 Å². The maximum Gasteiger partial charge on any atom is 0.0887 e. The summed E-state index contributed by atoms with van der Waals surface area (Å²) in [5.41, 5.74) is -0.667. The largest absolute Gasteiger partial charge is 0.385 e. The summed E-state index contributed by atoms with van der Waals surface area (Å²) in [6.07, 6.45) is 7.71. The Bertz CT molecular complexity index is 162. The molecule has 1 aliphatic rings. The van der Waals surface area contributed by atoms with Gasteiger partial charge in [0.25, 0.3) is 0 Å². The molecule has 1 N–H and O–H groups in total. The number of hydrogen-bond acceptors (Lipinski definition) is 1. The molecule has 2 atom stereocenters. The van der Waals surface area contributed by atoms with Crippen LogP contribution >= 0.6 is 0 Å². The lowest BCUT2D eigenvalue weighted by molar-refractivity contribution is 0.0161. The topological polar surface area (TPSA) is 20.2 Å². The Balaban J connectivity index is 2.72. The molecule has 0 aromatic carbocycles. The van der Waals surface area contributed by atoms with Crippen molar-refractivity contribution in [1.82, 2.24) is 0 Å². The minimum Gasteiger partial charge on any atom is -0.385 e. The molecule has 2 unspecified atom stereocenters. The summed E-state index contributed by atoms with van der Waals surface area (Å²) in [6, 6.07) is 0. The van der Waals surface area contributed by atoms with Gasteiger partial charge in [-0.2, -0.15) is 0 Å². The van der Waals surface area contributed by atoms with Crippen molar-refractivity contribution in [2.24, 2.45) is 5.92 Å². The van der Waals surface area contributed by atoms with Crippen molar-refractivity contribution in [3.8, 4) is 0 Å². The van der Waals surface area contributed by atoms with Gasteiger partial charge in [-0.05, 0) is 12.8 Å². The molecular weight excluding hydrogens is 136 g/mol. The highest BCUT2D eigenvalue weighted by Gasteiger charge is 2.33. The molecule has 0 amide bonds. The smallest absolute Gasteiger partial charge is 0.0887 e. The van der Waals surface area contributed by atoms with Crippen molar-refractivity contribution in [2.75, 3.05) is 0 Å². The van der Waals surface area contributed by atoms with Crippen molar-refractivity contribution >= 4 is 0 Å². The van der Waals surface area contributed by atoms with Crippen LogP contribution in [0.3, 0.4) is 0 Å². The molecule has 0 radical (unpaired) electrons. The Morgan fingerprint density at radius 2 is 2.09 bits per heavy atom. The first kappa shape index (κ1) is 8.54.